The fourth-order valence-corrected chi connectivity index (χ4v) is 4.72. The predicted molar refractivity (Wildman–Crippen MR) is 102 cm³/mol. The van der Waals surface area contributed by atoms with Gasteiger partial charge < -0.3 is 15.7 Å². The van der Waals surface area contributed by atoms with Gasteiger partial charge in [-0.2, -0.15) is 9.19 Å². The van der Waals surface area contributed by atoms with E-state index in [4.69, 9.17) is 0 Å². The Morgan fingerprint density at radius 2 is 2.10 bits per heavy atom. The molecule has 0 unspecified atom stereocenters. The van der Waals surface area contributed by atoms with E-state index in [1.165, 1.54) is 6.20 Å². The molecule has 1 saturated heterocycles. The number of halogens is 2. The van der Waals surface area contributed by atoms with Crippen molar-refractivity contribution >= 4 is 16.1 Å². The van der Waals surface area contributed by atoms with E-state index in [2.05, 4.69) is 20.6 Å². The maximum atomic E-state index is 14.3. The second-order valence-corrected chi connectivity index (χ2v) is 9.48. The first-order valence-corrected chi connectivity index (χ1v) is 11.2. The van der Waals surface area contributed by atoms with E-state index in [1.54, 1.807) is 0 Å². The minimum absolute atomic E-state index is 0.0707. The number of hydrogen-bond acceptors (Lipinski definition) is 6. The first-order chi connectivity index (χ1) is 14.1. The molecule has 3 heterocycles. The van der Waals surface area contributed by atoms with Crippen LogP contribution in [0.5, 0.6) is 0 Å². The first kappa shape index (κ1) is 20.7. The highest BCUT2D eigenvalue weighted by atomic mass is 32.2. The van der Waals surface area contributed by atoms with Gasteiger partial charge in [0.15, 0.2) is 0 Å². The number of aromatic nitrogens is 2. The quantitative estimate of drug-likeness (QED) is 0.649. The van der Waals surface area contributed by atoms with Crippen LogP contribution in [0.15, 0.2) is 24.4 Å². The van der Waals surface area contributed by atoms with Gasteiger partial charge in [0.2, 0.25) is 0 Å². The van der Waals surface area contributed by atoms with Crippen molar-refractivity contribution < 1.29 is 27.1 Å². The van der Waals surface area contributed by atoms with Gasteiger partial charge in [-0.05, 0) is 24.6 Å². The van der Waals surface area contributed by atoms with Crippen LogP contribution in [0, 0.1) is 11.6 Å². The molecule has 0 aliphatic carbocycles. The molecule has 9 nitrogen and oxygen atoms in total. The summed E-state index contributed by atoms with van der Waals surface area (Å²) in [5, 5.41) is 18.9. The monoisotopic (exact) mass is 441 g/mol. The van der Waals surface area contributed by atoms with Gasteiger partial charge >= 0.3 is 6.09 Å². The number of hydrogen-bond donors (Lipinski definition) is 3. The second kappa shape index (κ2) is 7.60. The fraction of sp³-hybridized carbons (Fsp3) is 0.444. The van der Waals surface area contributed by atoms with Crippen LogP contribution in [-0.4, -0.2) is 58.6 Å². The molecular formula is C18H21F2N5O4S. The molecule has 4 rings (SSSR count). The summed E-state index contributed by atoms with van der Waals surface area (Å²) >= 11 is 0. The van der Waals surface area contributed by atoms with Crippen LogP contribution in [0.4, 0.5) is 13.6 Å². The molecule has 1 aromatic carbocycles. The van der Waals surface area contributed by atoms with Crippen LogP contribution in [-0.2, 0) is 23.1 Å². The topological polar surface area (TPSA) is 117 Å². The lowest BCUT2D eigenvalue weighted by Crippen LogP contribution is -2.56. The van der Waals surface area contributed by atoms with E-state index in [-0.39, 0.29) is 11.6 Å². The van der Waals surface area contributed by atoms with Crippen molar-refractivity contribution in [2.75, 3.05) is 12.8 Å². The smallest absolute Gasteiger partial charge is 0.404 e. The highest BCUT2D eigenvalue weighted by molar-refractivity contribution is 7.89. The Kier molecular flexibility index (Phi) is 5.24. The van der Waals surface area contributed by atoms with Crippen LogP contribution in [0.1, 0.15) is 29.3 Å². The lowest BCUT2D eigenvalue weighted by molar-refractivity contribution is 0.121. The van der Waals surface area contributed by atoms with E-state index in [0.717, 1.165) is 34.1 Å². The molecule has 3 atom stereocenters. The fourth-order valence-electron chi connectivity index (χ4n) is 4.16. The summed E-state index contributed by atoms with van der Waals surface area (Å²) in [4.78, 5) is 13.4. The van der Waals surface area contributed by atoms with E-state index < -0.39 is 39.8 Å². The minimum atomic E-state index is -3.46. The van der Waals surface area contributed by atoms with E-state index in [1.807, 2.05) is 0 Å². The summed E-state index contributed by atoms with van der Waals surface area (Å²) in [6.45, 7) is 1.31. The number of fused-ring (bicyclic) bond motifs is 1. The molecule has 0 saturated carbocycles. The lowest BCUT2D eigenvalue weighted by atomic mass is 9.89. The molecule has 1 fully saturated rings. The molecule has 162 valence electrons. The van der Waals surface area contributed by atoms with Crippen molar-refractivity contribution in [3.05, 3.63) is 52.9 Å². The van der Waals surface area contributed by atoms with E-state index in [9.17, 15) is 27.1 Å². The Morgan fingerprint density at radius 3 is 2.77 bits per heavy atom. The molecule has 2 aromatic rings. The summed E-state index contributed by atoms with van der Waals surface area (Å²) in [6.07, 6.45) is 1.68. The Labute approximate surface area is 171 Å². The molecule has 0 bridgehead atoms. The van der Waals surface area contributed by atoms with Gasteiger partial charge in [-0.3, -0.25) is 4.90 Å². The van der Waals surface area contributed by atoms with Crippen molar-refractivity contribution in [1.29, 1.82) is 0 Å². The zero-order valence-corrected chi connectivity index (χ0v) is 16.9. The number of piperidine rings is 1. The Bertz CT molecular complexity index is 1070. The van der Waals surface area contributed by atoms with Crippen LogP contribution < -0.4 is 10.6 Å². The SMILES string of the molecule is CS(=O)(=O)n1cc2c(n1)CN([C@@H]1CN[C@H](c3cc(F)ccc3F)[C@@H](NC(=O)O)C1)C2. The predicted octanol–water partition coefficient (Wildman–Crippen LogP) is 1.02. The third-order valence-corrected chi connectivity index (χ3v) is 6.41. The molecule has 1 aromatic heterocycles. The number of nitrogens with zero attached hydrogens (tertiary/aromatic N) is 3. The molecule has 2 aliphatic heterocycles. The minimum Gasteiger partial charge on any atom is -0.465 e. The van der Waals surface area contributed by atoms with Crippen LogP contribution >= 0.6 is 0 Å². The van der Waals surface area contributed by atoms with Crippen LogP contribution in [0.3, 0.4) is 0 Å². The van der Waals surface area contributed by atoms with Gasteiger partial charge in [0, 0.05) is 43.0 Å². The number of carbonyl (C=O) groups is 1. The van der Waals surface area contributed by atoms with Crippen molar-refractivity contribution in [2.24, 2.45) is 0 Å². The maximum Gasteiger partial charge on any atom is 0.404 e. The summed E-state index contributed by atoms with van der Waals surface area (Å²) in [5.41, 5.74) is 1.52. The van der Waals surface area contributed by atoms with Gasteiger partial charge in [0.05, 0.1) is 24.0 Å². The molecule has 3 N–H and O–H groups in total. The number of rotatable bonds is 4. The van der Waals surface area contributed by atoms with Gasteiger partial charge in [-0.1, -0.05) is 0 Å². The van der Waals surface area contributed by atoms with E-state index >= 15 is 0 Å². The number of benzene rings is 1. The van der Waals surface area contributed by atoms with Gasteiger partial charge in [-0.25, -0.2) is 22.0 Å². The standard InChI is InChI=1S/C18H21F2N5O4S/c1-30(28,29)25-8-10-7-24(9-16(10)23-25)12-5-15(22-18(26)27)17(21-6-12)13-4-11(19)2-3-14(13)20/h2-4,8,12,15,17,21-22H,5-7,9H2,1H3,(H,26,27)/t12-,15-,17+/m0/s1. The summed E-state index contributed by atoms with van der Waals surface area (Å²) in [5.74, 6) is -1.21. The molecule has 30 heavy (non-hydrogen) atoms. The molecule has 12 heteroatoms. The maximum absolute atomic E-state index is 14.3. The van der Waals surface area contributed by atoms with E-state index in [0.29, 0.717) is 31.7 Å². The molecule has 2 aliphatic rings. The average Bonchev–Trinajstić information content (AvgIpc) is 3.22. The Hall–Kier alpha value is -2.57. The van der Waals surface area contributed by atoms with Gasteiger partial charge in [0.1, 0.15) is 11.6 Å². The zero-order chi connectivity index (χ0) is 21.6. The number of carboxylic acid groups (broad SMARTS) is 1. The largest absolute Gasteiger partial charge is 0.465 e. The molecule has 0 spiro atoms. The summed E-state index contributed by atoms with van der Waals surface area (Å²) < 4.78 is 52.2. The van der Waals surface area contributed by atoms with Crippen molar-refractivity contribution in [3.8, 4) is 0 Å². The van der Waals surface area contributed by atoms with Crippen LogP contribution in [0.2, 0.25) is 0 Å². The van der Waals surface area contributed by atoms with Gasteiger partial charge in [0.25, 0.3) is 10.0 Å². The van der Waals surface area contributed by atoms with Crippen LogP contribution in [0.25, 0.3) is 0 Å². The molecule has 1 amide bonds. The van der Waals surface area contributed by atoms with Crippen molar-refractivity contribution in [1.82, 2.24) is 24.7 Å². The Balaban J connectivity index is 1.51. The normalized spacial score (nSPS) is 24.6. The zero-order valence-electron chi connectivity index (χ0n) is 16.0. The molecule has 0 radical (unpaired) electrons. The second-order valence-electron chi connectivity index (χ2n) is 7.64. The highest BCUT2D eigenvalue weighted by Crippen LogP contribution is 2.32. The number of amides is 1. The summed E-state index contributed by atoms with van der Waals surface area (Å²) in [6, 6.07) is 1.62. The summed E-state index contributed by atoms with van der Waals surface area (Å²) in [7, 11) is -3.46. The van der Waals surface area contributed by atoms with Gasteiger partial charge in [-0.15, -0.1) is 0 Å². The lowest BCUT2D eigenvalue weighted by Gasteiger charge is -2.40. The first-order valence-electron chi connectivity index (χ1n) is 9.31. The highest BCUT2D eigenvalue weighted by Gasteiger charge is 2.38. The van der Waals surface area contributed by atoms with Crippen molar-refractivity contribution in [3.63, 3.8) is 0 Å². The van der Waals surface area contributed by atoms with Crippen molar-refractivity contribution in [2.45, 2.75) is 37.6 Å². The molecular weight excluding hydrogens is 420 g/mol. The average molecular weight is 441 g/mol. The number of nitrogens with one attached hydrogen (secondary N) is 2. The Morgan fingerprint density at radius 1 is 1.33 bits per heavy atom. The third-order valence-electron chi connectivity index (χ3n) is 5.54. The third kappa shape index (κ3) is 4.02.